The Kier molecular flexibility index (Phi) is 11.2. The molecule has 4 nitrogen and oxygen atoms in total. The minimum Gasteiger partial charge on any atom is -0.481 e. The predicted octanol–water partition coefficient (Wildman–Crippen LogP) is 2.34. The summed E-state index contributed by atoms with van der Waals surface area (Å²) in [5.74, 6) is -1.81. The molecular formula is C12H16O4. The fraction of sp³-hybridized carbons (Fsp3) is 0.167. The van der Waals surface area contributed by atoms with Crippen LogP contribution in [0.4, 0.5) is 0 Å². The molecule has 0 bridgehead atoms. The van der Waals surface area contributed by atoms with Crippen molar-refractivity contribution in [3.05, 3.63) is 48.6 Å². The van der Waals surface area contributed by atoms with Gasteiger partial charge in [0, 0.05) is 13.0 Å². The molecule has 0 saturated carbocycles. The van der Waals surface area contributed by atoms with E-state index in [2.05, 4.69) is 25.6 Å². The monoisotopic (exact) mass is 224 g/mol. The predicted molar refractivity (Wildman–Crippen MR) is 62.3 cm³/mol. The van der Waals surface area contributed by atoms with E-state index in [1.165, 1.54) is 5.56 Å². The molecule has 88 valence electrons. The Labute approximate surface area is 94.9 Å². The van der Waals surface area contributed by atoms with Crippen molar-refractivity contribution in [1.29, 1.82) is 0 Å². The summed E-state index contributed by atoms with van der Waals surface area (Å²) < 4.78 is 0. The molecule has 0 heterocycles. The van der Waals surface area contributed by atoms with Crippen LogP contribution in [0.25, 0.3) is 0 Å². The first-order chi connectivity index (χ1) is 7.40. The summed E-state index contributed by atoms with van der Waals surface area (Å²) in [4.78, 5) is 18.2. The van der Waals surface area contributed by atoms with Gasteiger partial charge < -0.3 is 10.2 Å². The molecule has 0 aliphatic carbocycles. The SMILES string of the molecule is C=CC(=O)O.CC(=O)O.Cc1ccccc1. The van der Waals surface area contributed by atoms with Gasteiger partial charge in [-0.25, -0.2) is 4.79 Å². The lowest BCUT2D eigenvalue weighted by Gasteiger charge is -1.82. The summed E-state index contributed by atoms with van der Waals surface area (Å²) in [6.45, 7) is 6.13. The van der Waals surface area contributed by atoms with Gasteiger partial charge in [-0.3, -0.25) is 4.79 Å². The largest absolute Gasteiger partial charge is 0.481 e. The highest BCUT2D eigenvalue weighted by Gasteiger charge is 1.73. The molecule has 0 saturated heterocycles. The van der Waals surface area contributed by atoms with Gasteiger partial charge in [-0.15, -0.1) is 0 Å². The maximum absolute atomic E-state index is 9.25. The van der Waals surface area contributed by atoms with E-state index in [0.29, 0.717) is 0 Å². The molecular weight excluding hydrogens is 208 g/mol. The molecule has 0 fully saturated rings. The van der Waals surface area contributed by atoms with Crippen LogP contribution >= 0.6 is 0 Å². The first-order valence-corrected chi connectivity index (χ1v) is 4.46. The lowest BCUT2D eigenvalue weighted by atomic mass is 10.2. The second kappa shape index (κ2) is 11.0. The Balaban J connectivity index is 0. The van der Waals surface area contributed by atoms with E-state index in [9.17, 15) is 4.79 Å². The highest BCUT2D eigenvalue weighted by atomic mass is 16.4. The summed E-state index contributed by atoms with van der Waals surface area (Å²) in [6, 6.07) is 10.3. The van der Waals surface area contributed by atoms with E-state index in [1.807, 2.05) is 18.2 Å². The van der Waals surface area contributed by atoms with Crippen LogP contribution in [0.5, 0.6) is 0 Å². The minimum absolute atomic E-state index is 0.833. The highest BCUT2D eigenvalue weighted by Crippen LogP contribution is 1.92. The summed E-state index contributed by atoms with van der Waals surface area (Å²) in [6.07, 6.45) is 0.833. The number of carbonyl (C=O) groups is 2. The van der Waals surface area contributed by atoms with E-state index in [4.69, 9.17) is 15.0 Å². The summed E-state index contributed by atoms with van der Waals surface area (Å²) in [5, 5.41) is 15.0. The number of aryl methyl sites for hydroxylation is 1. The lowest BCUT2D eigenvalue weighted by molar-refractivity contribution is -0.134. The average molecular weight is 224 g/mol. The van der Waals surface area contributed by atoms with Gasteiger partial charge in [0.15, 0.2) is 0 Å². The molecule has 0 aromatic heterocycles. The fourth-order valence-electron chi connectivity index (χ4n) is 0.534. The zero-order chi connectivity index (χ0) is 13.0. The van der Waals surface area contributed by atoms with Crippen molar-refractivity contribution in [2.45, 2.75) is 13.8 Å². The first kappa shape index (κ1) is 16.3. The van der Waals surface area contributed by atoms with Crippen molar-refractivity contribution in [3.63, 3.8) is 0 Å². The maximum atomic E-state index is 9.25. The Hall–Kier alpha value is -2.10. The topological polar surface area (TPSA) is 74.6 Å². The minimum atomic E-state index is -0.981. The zero-order valence-electron chi connectivity index (χ0n) is 9.38. The Morgan fingerprint density at radius 1 is 1.19 bits per heavy atom. The molecule has 1 aromatic carbocycles. The van der Waals surface area contributed by atoms with Crippen molar-refractivity contribution < 1.29 is 19.8 Å². The number of aliphatic carboxylic acids is 2. The number of carboxylic acid groups (broad SMARTS) is 2. The highest BCUT2D eigenvalue weighted by molar-refractivity contribution is 5.78. The maximum Gasteiger partial charge on any atom is 0.327 e. The van der Waals surface area contributed by atoms with Gasteiger partial charge >= 0.3 is 5.97 Å². The van der Waals surface area contributed by atoms with Crippen molar-refractivity contribution in [3.8, 4) is 0 Å². The molecule has 0 aliphatic rings. The Morgan fingerprint density at radius 2 is 1.50 bits per heavy atom. The quantitative estimate of drug-likeness (QED) is 0.718. The second-order valence-electron chi connectivity index (χ2n) is 2.72. The number of rotatable bonds is 1. The Bertz CT molecular complexity index is 313. The van der Waals surface area contributed by atoms with E-state index in [0.717, 1.165) is 13.0 Å². The van der Waals surface area contributed by atoms with E-state index >= 15 is 0 Å². The molecule has 4 heteroatoms. The number of carboxylic acids is 2. The molecule has 0 amide bonds. The van der Waals surface area contributed by atoms with Gasteiger partial charge in [0.2, 0.25) is 0 Å². The number of hydrogen-bond donors (Lipinski definition) is 2. The molecule has 16 heavy (non-hydrogen) atoms. The van der Waals surface area contributed by atoms with Crippen LogP contribution in [-0.2, 0) is 9.59 Å². The van der Waals surface area contributed by atoms with Crippen LogP contribution in [0, 0.1) is 6.92 Å². The zero-order valence-corrected chi connectivity index (χ0v) is 9.38. The van der Waals surface area contributed by atoms with Gasteiger partial charge in [0.25, 0.3) is 5.97 Å². The van der Waals surface area contributed by atoms with Gasteiger partial charge in [-0.05, 0) is 6.92 Å². The number of hydrogen-bond acceptors (Lipinski definition) is 2. The van der Waals surface area contributed by atoms with E-state index in [-0.39, 0.29) is 0 Å². The van der Waals surface area contributed by atoms with Crippen molar-refractivity contribution in [2.75, 3.05) is 0 Å². The lowest BCUT2D eigenvalue weighted by Crippen LogP contribution is -1.82. The Morgan fingerprint density at radius 3 is 1.62 bits per heavy atom. The van der Waals surface area contributed by atoms with Gasteiger partial charge in [-0.2, -0.15) is 0 Å². The van der Waals surface area contributed by atoms with Crippen LogP contribution in [0.15, 0.2) is 43.0 Å². The third-order valence-corrected chi connectivity index (χ3v) is 1.12. The molecule has 1 aromatic rings. The van der Waals surface area contributed by atoms with Gasteiger partial charge in [-0.1, -0.05) is 42.5 Å². The second-order valence-corrected chi connectivity index (χ2v) is 2.72. The van der Waals surface area contributed by atoms with Crippen molar-refractivity contribution in [2.24, 2.45) is 0 Å². The third-order valence-electron chi connectivity index (χ3n) is 1.12. The van der Waals surface area contributed by atoms with Crippen LogP contribution in [0.2, 0.25) is 0 Å². The molecule has 0 radical (unpaired) electrons. The average Bonchev–Trinajstić information content (AvgIpc) is 2.19. The molecule has 2 N–H and O–H groups in total. The number of benzene rings is 1. The third kappa shape index (κ3) is 22.7. The molecule has 0 aliphatic heterocycles. The summed E-state index contributed by atoms with van der Waals surface area (Å²) in [5.41, 5.74) is 1.32. The molecule has 0 unspecified atom stereocenters. The van der Waals surface area contributed by atoms with Crippen molar-refractivity contribution >= 4 is 11.9 Å². The van der Waals surface area contributed by atoms with Crippen LogP contribution in [-0.4, -0.2) is 22.2 Å². The van der Waals surface area contributed by atoms with E-state index < -0.39 is 11.9 Å². The van der Waals surface area contributed by atoms with Gasteiger partial charge in [0.05, 0.1) is 0 Å². The first-order valence-electron chi connectivity index (χ1n) is 4.46. The van der Waals surface area contributed by atoms with Crippen LogP contribution in [0.3, 0.4) is 0 Å². The molecule has 0 spiro atoms. The van der Waals surface area contributed by atoms with E-state index in [1.54, 1.807) is 0 Å². The van der Waals surface area contributed by atoms with Crippen molar-refractivity contribution in [1.82, 2.24) is 0 Å². The summed E-state index contributed by atoms with van der Waals surface area (Å²) >= 11 is 0. The van der Waals surface area contributed by atoms with Gasteiger partial charge in [0.1, 0.15) is 0 Å². The molecule has 1 rings (SSSR count). The fourth-order valence-corrected chi connectivity index (χ4v) is 0.534. The summed E-state index contributed by atoms with van der Waals surface area (Å²) in [7, 11) is 0. The normalized spacial score (nSPS) is 7.38. The van der Waals surface area contributed by atoms with Crippen LogP contribution < -0.4 is 0 Å². The standard InChI is InChI=1S/C7H8.C3H4O2.C2H4O2/c1-7-5-3-2-4-6-7;1-2-3(4)5;1-2(3)4/h2-6H,1H3;2H,1H2,(H,4,5);1H3,(H,3,4). The smallest absolute Gasteiger partial charge is 0.327 e. The van der Waals surface area contributed by atoms with Crippen LogP contribution in [0.1, 0.15) is 12.5 Å². The molecule has 0 atom stereocenters.